The summed E-state index contributed by atoms with van der Waals surface area (Å²) in [6, 6.07) is 13.4. The lowest BCUT2D eigenvalue weighted by Gasteiger charge is -2.12. The summed E-state index contributed by atoms with van der Waals surface area (Å²) in [6.45, 7) is 5.57. The minimum absolute atomic E-state index is 0.0414. The molecule has 0 saturated carbocycles. The molecule has 0 aliphatic carbocycles. The Morgan fingerprint density at radius 3 is 2.50 bits per heavy atom. The van der Waals surface area contributed by atoms with E-state index < -0.39 is 0 Å². The largest absolute Gasteiger partial charge is 0.497 e. The van der Waals surface area contributed by atoms with Crippen molar-refractivity contribution >= 4 is 17.5 Å². The zero-order valence-electron chi connectivity index (χ0n) is 13.3. The fourth-order valence-electron chi connectivity index (χ4n) is 2.02. The minimum atomic E-state index is 0.0414. The van der Waals surface area contributed by atoms with Crippen molar-refractivity contribution in [3.63, 3.8) is 0 Å². The molecule has 2 aromatic carbocycles. The van der Waals surface area contributed by atoms with Crippen LogP contribution in [0.15, 0.2) is 52.3 Å². The predicted molar refractivity (Wildman–Crippen MR) is 89.3 cm³/mol. The van der Waals surface area contributed by atoms with Gasteiger partial charge in [-0.3, -0.25) is 4.79 Å². The molecule has 0 spiro atoms. The van der Waals surface area contributed by atoms with Gasteiger partial charge in [0.2, 0.25) is 0 Å². The maximum Gasteiger partial charge on any atom is 0.160 e. The molecule has 2 rings (SSSR count). The molecule has 3 nitrogen and oxygen atoms in total. The average Bonchev–Trinajstić information content (AvgIpc) is 2.46. The number of benzene rings is 2. The van der Waals surface area contributed by atoms with Crippen LogP contribution in [0.3, 0.4) is 0 Å². The summed E-state index contributed by atoms with van der Waals surface area (Å²) in [5.41, 5.74) is 0.695. The summed E-state index contributed by atoms with van der Waals surface area (Å²) in [6.07, 6.45) is 0.129. The quantitative estimate of drug-likeness (QED) is 0.715. The van der Waals surface area contributed by atoms with Crippen molar-refractivity contribution in [2.45, 2.75) is 36.7 Å². The van der Waals surface area contributed by atoms with Gasteiger partial charge in [0.1, 0.15) is 11.5 Å². The summed E-state index contributed by atoms with van der Waals surface area (Å²) >= 11 is 1.53. The van der Waals surface area contributed by atoms with E-state index in [0.717, 1.165) is 21.3 Å². The Hall–Kier alpha value is -1.94. The lowest BCUT2D eigenvalue weighted by Crippen LogP contribution is -2.05. The molecule has 0 N–H and O–H groups in total. The molecule has 0 atom stereocenters. The van der Waals surface area contributed by atoms with Gasteiger partial charge in [-0.05, 0) is 57.2 Å². The molecular weight excluding hydrogens is 296 g/mol. The summed E-state index contributed by atoms with van der Waals surface area (Å²) in [7, 11) is 1.62. The number of rotatable bonds is 6. The molecule has 2 aromatic rings. The Labute approximate surface area is 135 Å². The van der Waals surface area contributed by atoms with E-state index in [4.69, 9.17) is 9.47 Å². The molecule has 0 amide bonds. The van der Waals surface area contributed by atoms with Gasteiger partial charge >= 0.3 is 0 Å². The Bertz CT molecular complexity index is 665. The highest BCUT2D eigenvalue weighted by Crippen LogP contribution is 2.35. The molecular formula is C18H20O3S. The van der Waals surface area contributed by atoms with Crippen LogP contribution in [0.1, 0.15) is 31.1 Å². The predicted octanol–water partition coefficient (Wildman–Crippen LogP) is 4.84. The highest BCUT2D eigenvalue weighted by Gasteiger charge is 2.11. The van der Waals surface area contributed by atoms with Crippen LogP contribution in [-0.4, -0.2) is 19.0 Å². The van der Waals surface area contributed by atoms with Crippen LogP contribution in [0.4, 0.5) is 0 Å². The number of carbonyl (C=O) groups is 1. The summed E-state index contributed by atoms with van der Waals surface area (Å²) in [5, 5.41) is 0. The average molecular weight is 316 g/mol. The molecule has 0 fully saturated rings. The molecule has 0 radical (unpaired) electrons. The highest BCUT2D eigenvalue weighted by atomic mass is 32.2. The smallest absolute Gasteiger partial charge is 0.160 e. The van der Waals surface area contributed by atoms with Gasteiger partial charge in [0.05, 0.1) is 13.2 Å². The molecule has 0 heterocycles. The minimum Gasteiger partial charge on any atom is -0.497 e. The number of carbonyl (C=O) groups excluding carboxylic acids is 1. The van der Waals surface area contributed by atoms with Crippen LogP contribution in [0, 0.1) is 0 Å². The lowest BCUT2D eigenvalue weighted by molar-refractivity contribution is 0.101. The summed E-state index contributed by atoms with van der Waals surface area (Å²) < 4.78 is 11.0. The van der Waals surface area contributed by atoms with Crippen molar-refractivity contribution in [2.75, 3.05) is 7.11 Å². The van der Waals surface area contributed by atoms with Gasteiger partial charge in [-0.1, -0.05) is 17.8 Å². The van der Waals surface area contributed by atoms with Crippen molar-refractivity contribution in [1.82, 2.24) is 0 Å². The van der Waals surface area contributed by atoms with Crippen LogP contribution in [-0.2, 0) is 0 Å². The third kappa shape index (κ3) is 4.28. The first kappa shape index (κ1) is 16.4. The van der Waals surface area contributed by atoms with E-state index in [1.807, 2.05) is 44.2 Å². The van der Waals surface area contributed by atoms with Crippen LogP contribution in [0.5, 0.6) is 11.5 Å². The number of hydrogen-bond donors (Lipinski definition) is 0. The van der Waals surface area contributed by atoms with E-state index in [2.05, 4.69) is 0 Å². The second-order valence-corrected chi connectivity index (χ2v) is 6.28. The zero-order chi connectivity index (χ0) is 16.1. The Morgan fingerprint density at radius 1 is 1.09 bits per heavy atom. The van der Waals surface area contributed by atoms with Crippen LogP contribution in [0.25, 0.3) is 0 Å². The molecule has 0 unspecified atom stereocenters. The van der Waals surface area contributed by atoms with Crippen molar-refractivity contribution in [3.8, 4) is 11.5 Å². The normalized spacial score (nSPS) is 10.6. The van der Waals surface area contributed by atoms with Gasteiger partial charge in [-0.15, -0.1) is 0 Å². The Balaban J connectivity index is 2.31. The van der Waals surface area contributed by atoms with E-state index in [1.54, 1.807) is 26.2 Å². The summed E-state index contributed by atoms with van der Waals surface area (Å²) in [4.78, 5) is 13.7. The third-order valence-corrected chi connectivity index (χ3v) is 4.02. The van der Waals surface area contributed by atoms with E-state index in [1.165, 1.54) is 11.8 Å². The number of ketones is 1. The standard InChI is InChI=1S/C18H20O3S/c1-12(2)21-15-6-5-7-16(10-15)22-18-11-14(20-4)8-9-17(18)13(3)19/h5-12H,1-4H3. The number of ether oxygens (including phenoxy) is 2. The summed E-state index contributed by atoms with van der Waals surface area (Å²) in [5.74, 6) is 1.61. The topological polar surface area (TPSA) is 35.5 Å². The molecule has 116 valence electrons. The number of methoxy groups -OCH3 is 1. The van der Waals surface area contributed by atoms with Crippen LogP contribution in [0.2, 0.25) is 0 Å². The maximum atomic E-state index is 11.8. The molecule has 0 aliphatic heterocycles. The number of Topliss-reactive ketones (excluding diaryl/α,β-unsaturated/α-hetero) is 1. The van der Waals surface area contributed by atoms with Crippen LogP contribution < -0.4 is 9.47 Å². The maximum absolute atomic E-state index is 11.8. The molecule has 0 aromatic heterocycles. The van der Waals surface area contributed by atoms with Gasteiger partial charge in [-0.25, -0.2) is 0 Å². The molecule has 4 heteroatoms. The molecule has 0 saturated heterocycles. The Kier molecular flexibility index (Phi) is 5.50. The first-order valence-corrected chi connectivity index (χ1v) is 7.95. The third-order valence-electron chi connectivity index (χ3n) is 2.97. The van der Waals surface area contributed by atoms with Gasteiger partial charge < -0.3 is 9.47 Å². The molecule has 0 aliphatic rings. The lowest BCUT2D eigenvalue weighted by atomic mass is 10.1. The van der Waals surface area contributed by atoms with Gasteiger partial charge in [0.15, 0.2) is 5.78 Å². The first-order chi connectivity index (χ1) is 10.5. The molecule has 0 bridgehead atoms. The van der Waals surface area contributed by atoms with Gasteiger partial charge in [-0.2, -0.15) is 0 Å². The fourth-order valence-corrected chi connectivity index (χ4v) is 3.09. The van der Waals surface area contributed by atoms with E-state index >= 15 is 0 Å². The van der Waals surface area contributed by atoms with Crippen molar-refractivity contribution < 1.29 is 14.3 Å². The highest BCUT2D eigenvalue weighted by molar-refractivity contribution is 7.99. The van der Waals surface area contributed by atoms with E-state index in [0.29, 0.717) is 5.56 Å². The monoisotopic (exact) mass is 316 g/mol. The van der Waals surface area contributed by atoms with Gasteiger partial charge in [0.25, 0.3) is 0 Å². The Morgan fingerprint density at radius 2 is 1.86 bits per heavy atom. The second-order valence-electron chi connectivity index (χ2n) is 5.16. The van der Waals surface area contributed by atoms with Crippen molar-refractivity contribution in [3.05, 3.63) is 48.0 Å². The second kappa shape index (κ2) is 7.36. The van der Waals surface area contributed by atoms with Crippen molar-refractivity contribution in [1.29, 1.82) is 0 Å². The number of hydrogen-bond acceptors (Lipinski definition) is 4. The first-order valence-electron chi connectivity index (χ1n) is 7.13. The van der Waals surface area contributed by atoms with Gasteiger partial charge in [0, 0.05) is 15.4 Å². The van der Waals surface area contributed by atoms with E-state index in [9.17, 15) is 4.79 Å². The fraction of sp³-hybridized carbons (Fsp3) is 0.278. The van der Waals surface area contributed by atoms with Crippen molar-refractivity contribution in [2.24, 2.45) is 0 Å². The van der Waals surface area contributed by atoms with E-state index in [-0.39, 0.29) is 11.9 Å². The van der Waals surface area contributed by atoms with Crippen LogP contribution >= 0.6 is 11.8 Å². The molecule has 22 heavy (non-hydrogen) atoms. The zero-order valence-corrected chi connectivity index (χ0v) is 14.1. The SMILES string of the molecule is COc1ccc(C(C)=O)c(Sc2cccc(OC(C)C)c2)c1.